The maximum Gasteiger partial charge on any atom is 0.490 e. The molecule has 2 aliphatic rings. The maximum atomic E-state index is 12.5. The van der Waals surface area contributed by atoms with Gasteiger partial charge in [0.2, 0.25) is 11.9 Å². The monoisotopic (exact) mass is 975 g/mol. The number of fused-ring (bicyclic) bond motifs is 1. The number of nitrogens with one attached hydrogen (secondary N) is 4. The molecule has 11 N–H and O–H groups in total. The molecule has 2 aliphatic heterocycles. The fraction of sp³-hybridized carbons (Fsp3) is 0.710. The van der Waals surface area contributed by atoms with Crippen LogP contribution in [-0.2, 0) is 68.5 Å². The number of H-pyrrole nitrogens is 1. The van der Waals surface area contributed by atoms with Crippen molar-refractivity contribution in [2.45, 2.75) is 88.8 Å². The van der Waals surface area contributed by atoms with Crippen molar-refractivity contribution >= 4 is 52.5 Å². The van der Waals surface area contributed by atoms with E-state index in [0.717, 1.165) is 36.6 Å². The quantitative estimate of drug-likeness (QED) is 0.0284. The number of nitrogen functional groups attached to an aromatic ring is 1. The lowest BCUT2D eigenvalue weighted by molar-refractivity contribution is -0.121. The smallest absolute Gasteiger partial charge is 0.386 e. The first-order chi connectivity index (χ1) is 30.3. The molecule has 5 heterocycles. The maximum absolute atomic E-state index is 12.5. The van der Waals surface area contributed by atoms with E-state index in [-0.39, 0.29) is 73.2 Å². The molecule has 0 spiro atoms. The summed E-state index contributed by atoms with van der Waals surface area (Å²) < 4.78 is 78.3. The molecule has 0 aromatic carbocycles. The Morgan fingerprint density at radius 1 is 0.969 bits per heavy atom. The second-order valence-corrected chi connectivity index (χ2v) is 18.7. The second kappa shape index (κ2) is 23.6. The largest absolute Gasteiger partial charge is 0.490 e. The van der Waals surface area contributed by atoms with Crippen molar-refractivity contribution in [1.29, 1.82) is 0 Å². The number of carbonyl (C=O) groups is 2. The number of aliphatic hydroxyl groups is 1. The zero-order valence-corrected chi connectivity index (χ0v) is 37.0. The molecule has 3 aromatic rings. The van der Waals surface area contributed by atoms with Crippen LogP contribution in [0.15, 0.2) is 17.3 Å². The van der Waals surface area contributed by atoms with E-state index in [1.165, 1.54) is 10.9 Å². The third kappa shape index (κ3) is 16.3. The van der Waals surface area contributed by atoms with E-state index in [4.69, 9.17) is 43.7 Å². The van der Waals surface area contributed by atoms with Crippen molar-refractivity contribution < 1.29 is 84.8 Å². The zero-order valence-electron chi connectivity index (χ0n) is 34.3. The van der Waals surface area contributed by atoms with Gasteiger partial charge < -0.3 is 70.0 Å². The van der Waals surface area contributed by atoms with Gasteiger partial charge in [-0.3, -0.25) is 23.7 Å². The molecule has 2 fully saturated rings. The molecule has 0 saturated carbocycles. The number of carbonyl (C=O) groups excluding carboxylic acids is 2. The number of aromatic amines is 1. The van der Waals surface area contributed by atoms with Gasteiger partial charge in [-0.15, -0.1) is 5.10 Å². The molecule has 0 radical (unpaired) electrons. The van der Waals surface area contributed by atoms with Crippen LogP contribution in [0.4, 0.5) is 10.7 Å². The number of nitrogens with zero attached hydrogens (tertiary/aromatic N) is 6. The first-order valence-electron chi connectivity index (χ1n) is 19.7. The van der Waals surface area contributed by atoms with E-state index in [1.807, 2.05) is 6.92 Å². The van der Waals surface area contributed by atoms with Crippen molar-refractivity contribution in [3.05, 3.63) is 28.6 Å². The van der Waals surface area contributed by atoms with Crippen molar-refractivity contribution in [2.24, 2.45) is 0 Å². The predicted molar refractivity (Wildman–Crippen MR) is 214 cm³/mol. The van der Waals surface area contributed by atoms with E-state index in [9.17, 15) is 43.0 Å². The molecule has 8 atom stereocenters. The number of anilines is 1. The average Bonchev–Trinajstić information content (AvgIpc) is 3.97. The molecule has 6 unspecified atom stereocenters. The van der Waals surface area contributed by atoms with Crippen LogP contribution in [0.1, 0.15) is 50.9 Å². The molecule has 0 bridgehead atoms. The summed E-state index contributed by atoms with van der Waals surface area (Å²) in [5, 5.41) is 27.9. The fourth-order valence-corrected chi connectivity index (χ4v) is 9.46. The van der Waals surface area contributed by atoms with Gasteiger partial charge in [0.1, 0.15) is 24.0 Å². The Balaban J connectivity index is 0.980. The number of hydrogen-bond donors (Lipinski definition) is 10. The Morgan fingerprint density at radius 2 is 1.69 bits per heavy atom. The van der Waals surface area contributed by atoms with Crippen molar-refractivity contribution in [3.8, 4) is 0 Å². The van der Waals surface area contributed by atoms with E-state index >= 15 is 0 Å². The third-order valence-electron chi connectivity index (χ3n) is 9.34. The van der Waals surface area contributed by atoms with Crippen molar-refractivity contribution in [3.63, 3.8) is 0 Å². The van der Waals surface area contributed by atoms with Gasteiger partial charge in [-0.05, 0) is 19.8 Å². The molecule has 3 aromatic heterocycles. The number of hydrogen-bond acceptors (Lipinski definition) is 20. The summed E-state index contributed by atoms with van der Waals surface area (Å²) in [6, 6.07) is 0.0951. The highest BCUT2D eigenvalue weighted by Gasteiger charge is 2.48. The van der Waals surface area contributed by atoms with Gasteiger partial charge >= 0.3 is 29.5 Å². The highest BCUT2D eigenvalue weighted by Crippen LogP contribution is 2.66. The molecular formula is C31H52N11O19P3. The number of phosphoric ester groups is 1. The highest BCUT2D eigenvalue weighted by molar-refractivity contribution is 7.66. The summed E-state index contributed by atoms with van der Waals surface area (Å²) in [7, 11) is -17.1. The summed E-state index contributed by atoms with van der Waals surface area (Å²) >= 11 is 0. The van der Waals surface area contributed by atoms with E-state index < -0.39 is 60.2 Å². The Hall–Kier alpha value is -3.80. The van der Waals surface area contributed by atoms with Crippen molar-refractivity contribution in [2.75, 3.05) is 58.5 Å². The molecule has 0 aliphatic carbocycles. The minimum Gasteiger partial charge on any atom is -0.386 e. The van der Waals surface area contributed by atoms with Crippen LogP contribution in [-0.4, -0.2) is 154 Å². The number of aromatic nitrogens is 7. The highest BCUT2D eigenvalue weighted by atomic mass is 31.3. The number of unbranched alkanes of at least 4 members (excludes halogenated alkanes) is 2. The number of phosphoric acid groups is 3. The number of imidazole rings is 1. The van der Waals surface area contributed by atoms with Crippen LogP contribution < -0.4 is 27.2 Å². The first kappa shape index (κ1) is 51.2. The zero-order chi connectivity index (χ0) is 46.5. The number of aliphatic hydroxyl groups excluding tert-OH is 1. The van der Waals surface area contributed by atoms with Crippen LogP contribution in [0.25, 0.3) is 11.2 Å². The van der Waals surface area contributed by atoms with Crippen LogP contribution in [0.3, 0.4) is 0 Å². The van der Waals surface area contributed by atoms with Gasteiger partial charge in [-0.25, -0.2) is 28.2 Å². The molecule has 2 saturated heterocycles. The molecule has 30 nitrogen and oxygen atoms in total. The van der Waals surface area contributed by atoms with E-state index in [0.29, 0.717) is 39.4 Å². The normalized spacial score (nSPS) is 23.2. The van der Waals surface area contributed by atoms with E-state index in [2.05, 4.69) is 49.8 Å². The summed E-state index contributed by atoms with van der Waals surface area (Å²) in [5.41, 5.74) is 4.95. The molecular weight excluding hydrogens is 923 g/mol. The summed E-state index contributed by atoms with van der Waals surface area (Å²) in [4.78, 5) is 83.1. The lowest BCUT2D eigenvalue weighted by Gasteiger charge is -2.21. The van der Waals surface area contributed by atoms with Gasteiger partial charge in [0.05, 0.1) is 78.0 Å². The van der Waals surface area contributed by atoms with Crippen LogP contribution in [0.2, 0.25) is 0 Å². The third-order valence-corrected chi connectivity index (χ3v) is 13.1. The van der Waals surface area contributed by atoms with Gasteiger partial charge in [-0.1, -0.05) is 18.1 Å². The van der Waals surface area contributed by atoms with Gasteiger partial charge in [0, 0.05) is 19.0 Å². The van der Waals surface area contributed by atoms with Gasteiger partial charge in [0.25, 0.3) is 5.56 Å². The molecule has 360 valence electrons. The standard InChI is InChI=1S/C31H52N11O19P3/c1-19-21(36-31(46)35-19)5-3-2-4-6-23(43)33-7-9-54-11-13-56-14-12-55-10-8-41-15-20(39-40-41)16-57-26-22(17-58-63(50,51)61-64(52,53)60-62(47,48)49)59-29(25(26)44)42-18-34-24-27(42)37-30(32)38-28(24)45/h15,18-19,21-22,25-26,29,44H,2-14,16-17H2,1H3,(H,33,43)(H,50,51)(H,52,53)(H2,35,36,46)(H2,47,48,49)(H3,32,37,38,45)/t19-,21+,22?,25?,26?,29?/m0/s1. The van der Waals surface area contributed by atoms with Crippen LogP contribution >= 0.6 is 23.5 Å². The SMILES string of the molecule is C[C@@H]1NC(=O)N[C@@H]1CCCCCC(=O)NCCOCCOCCOCCn1cc(COC2C(COP(=O)(O)OP(=O)(O)OP(=O)(O)O)OC(n3cnc4c(=O)[nH]c(N)nc43)C2O)nn1. The Bertz CT molecular complexity index is 2210. The average molecular weight is 976 g/mol. The lowest BCUT2D eigenvalue weighted by Crippen LogP contribution is -2.36. The number of ether oxygens (including phenoxy) is 5. The topological polar surface area (TPSA) is 417 Å². The second-order valence-electron chi connectivity index (χ2n) is 14.3. The summed E-state index contributed by atoms with van der Waals surface area (Å²) in [5.74, 6) is -0.327. The minimum atomic E-state index is -5.84. The minimum absolute atomic E-state index is 0.0388. The van der Waals surface area contributed by atoms with Crippen LogP contribution in [0, 0.1) is 0 Å². The van der Waals surface area contributed by atoms with Gasteiger partial charge in [0.15, 0.2) is 17.4 Å². The van der Waals surface area contributed by atoms with Crippen molar-refractivity contribution in [1.82, 2.24) is 50.5 Å². The Kier molecular flexibility index (Phi) is 18.9. The molecule has 5 rings (SSSR count). The number of nitrogens with two attached hydrogens (primary N) is 1. The number of urea groups is 1. The van der Waals surface area contributed by atoms with E-state index in [1.54, 1.807) is 0 Å². The van der Waals surface area contributed by atoms with Crippen LogP contribution in [0.5, 0.6) is 0 Å². The number of rotatable bonds is 29. The Morgan fingerprint density at radius 3 is 2.39 bits per heavy atom. The molecule has 33 heteroatoms. The molecule has 3 amide bonds. The summed E-state index contributed by atoms with van der Waals surface area (Å²) in [6.45, 7) is 3.13. The Labute approximate surface area is 363 Å². The predicted octanol–water partition coefficient (Wildman–Crippen LogP) is -1.33. The first-order valence-corrected chi connectivity index (χ1v) is 24.2. The fourth-order valence-electron chi connectivity index (χ4n) is 6.43. The molecule has 64 heavy (non-hydrogen) atoms. The summed E-state index contributed by atoms with van der Waals surface area (Å²) in [6.07, 6.45) is 0.564. The van der Waals surface area contributed by atoms with Gasteiger partial charge in [-0.2, -0.15) is 13.6 Å². The lowest BCUT2D eigenvalue weighted by atomic mass is 10.0. The number of amides is 3.